The lowest BCUT2D eigenvalue weighted by Crippen LogP contribution is -2.24. The zero-order valence-corrected chi connectivity index (χ0v) is 17.4. The summed E-state index contributed by atoms with van der Waals surface area (Å²) in [5, 5.41) is 0.626. The summed E-state index contributed by atoms with van der Waals surface area (Å²) in [6.45, 7) is 15.1. The molecule has 0 aromatic carbocycles. The molecule has 0 spiro atoms. The molecule has 0 aliphatic heterocycles. The van der Waals surface area contributed by atoms with E-state index in [9.17, 15) is 0 Å². The highest BCUT2D eigenvalue weighted by Crippen LogP contribution is 2.36. The van der Waals surface area contributed by atoms with Crippen molar-refractivity contribution in [3.8, 4) is 5.88 Å². The molecule has 3 nitrogen and oxygen atoms in total. The SMILES string of the molecule is COc1ncc(C)c(C(C)(C)Cc2cc(C)c(C(C)C)c(Cl)n2)c1C. The predicted molar refractivity (Wildman–Crippen MR) is 105 cm³/mol. The topological polar surface area (TPSA) is 35.0 Å². The first-order chi connectivity index (χ1) is 11.6. The molecule has 0 unspecified atom stereocenters. The molecule has 2 aromatic heterocycles. The maximum absolute atomic E-state index is 6.47. The monoisotopic (exact) mass is 360 g/mol. The third kappa shape index (κ3) is 3.98. The van der Waals surface area contributed by atoms with Gasteiger partial charge < -0.3 is 4.74 Å². The van der Waals surface area contributed by atoms with E-state index in [1.165, 1.54) is 16.7 Å². The molecule has 0 aliphatic rings. The van der Waals surface area contributed by atoms with E-state index < -0.39 is 0 Å². The fraction of sp³-hybridized carbons (Fsp3) is 0.524. The van der Waals surface area contributed by atoms with Gasteiger partial charge in [0.15, 0.2) is 0 Å². The molecule has 0 saturated heterocycles. The summed E-state index contributed by atoms with van der Waals surface area (Å²) in [5.41, 5.74) is 6.79. The maximum atomic E-state index is 6.47. The van der Waals surface area contributed by atoms with Crippen molar-refractivity contribution in [2.45, 2.75) is 66.2 Å². The lowest BCUT2D eigenvalue weighted by atomic mass is 9.76. The summed E-state index contributed by atoms with van der Waals surface area (Å²) in [6, 6.07) is 2.17. The predicted octanol–water partition coefficient (Wildman–Crippen LogP) is 5.71. The number of nitrogens with zero attached hydrogens (tertiary/aromatic N) is 2. The van der Waals surface area contributed by atoms with E-state index in [1.54, 1.807) is 7.11 Å². The first kappa shape index (κ1) is 19.7. The van der Waals surface area contributed by atoms with Gasteiger partial charge >= 0.3 is 0 Å². The Morgan fingerprint density at radius 2 is 1.80 bits per heavy atom. The Morgan fingerprint density at radius 1 is 1.16 bits per heavy atom. The van der Waals surface area contributed by atoms with Crippen molar-refractivity contribution < 1.29 is 4.74 Å². The summed E-state index contributed by atoms with van der Waals surface area (Å²) in [7, 11) is 1.66. The number of aryl methyl sites for hydroxylation is 2. The quantitative estimate of drug-likeness (QED) is 0.641. The van der Waals surface area contributed by atoms with Gasteiger partial charge in [0.2, 0.25) is 5.88 Å². The molecular weight excluding hydrogens is 332 g/mol. The van der Waals surface area contributed by atoms with Crippen molar-refractivity contribution in [3.05, 3.63) is 50.9 Å². The molecule has 2 aromatic rings. The third-order valence-corrected chi connectivity index (χ3v) is 5.10. The minimum absolute atomic E-state index is 0.105. The van der Waals surface area contributed by atoms with Gasteiger partial charge in [-0.1, -0.05) is 39.3 Å². The first-order valence-electron chi connectivity index (χ1n) is 8.75. The van der Waals surface area contributed by atoms with Gasteiger partial charge in [0.25, 0.3) is 0 Å². The van der Waals surface area contributed by atoms with Crippen LogP contribution >= 0.6 is 11.6 Å². The highest BCUT2D eigenvalue weighted by Gasteiger charge is 2.28. The molecule has 0 radical (unpaired) electrons. The van der Waals surface area contributed by atoms with Gasteiger partial charge in [-0.2, -0.15) is 0 Å². The molecule has 4 heteroatoms. The van der Waals surface area contributed by atoms with E-state index in [-0.39, 0.29) is 5.41 Å². The lowest BCUT2D eigenvalue weighted by molar-refractivity contribution is 0.390. The summed E-state index contributed by atoms with van der Waals surface area (Å²) in [4.78, 5) is 9.06. The van der Waals surface area contributed by atoms with E-state index in [4.69, 9.17) is 16.3 Å². The van der Waals surface area contributed by atoms with Gasteiger partial charge in [-0.3, -0.25) is 0 Å². The molecule has 0 atom stereocenters. The highest BCUT2D eigenvalue weighted by atomic mass is 35.5. The van der Waals surface area contributed by atoms with Crippen LogP contribution < -0.4 is 4.74 Å². The number of ether oxygens (including phenoxy) is 1. The van der Waals surface area contributed by atoms with E-state index in [1.807, 2.05) is 6.20 Å². The zero-order valence-electron chi connectivity index (χ0n) is 16.6. The van der Waals surface area contributed by atoms with Gasteiger partial charge in [-0.15, -0.1) is 0 Å². The Kier molecular flexibility index (Phi) is 5.78. The van der Waals surface area contributed by atoms with Crippen LogP contribution in [0.4, 0.5) is 0 Å². The summed E-state index contributed by atoms with van der Waals surface area (Å²) >= 11 is 6.47. The van der Waals surface area contributed by atoms with Crippen molar-refractivity contribution >= 4 is 11.6 Å². The molecule has 25 heavy (non-hydrogen) atoms. The molecule has 0 aliphatic carbocycles. The molecule has 136 valence electrons. The molecule has 0 bridgehead atoms. The summed E-state index contributed by atoms with van der Waals surface area (Å²) in [5.74, 6) is 1.06. The lowest BCUT2D eigenvalue weighted by Gasteiger charge is -2.29. The smallest absolute Gasteiger partial charge is 0.216 e. The Bertz CT molecular complexity index is 759. The zero-order chi connectivity index (χ0) is 18.9. The van der Waals surface area contributed by atoms with Gasteiger partial charge in [-0.25, -0.2) is 9.97 Å². The normalized spacial score (nSPS) is 11.9. The number of methoxy groups -OCH3 is 1. The molecule has 2 rings (SSSR count). The number of aromatic nitrogens is 2. The van der Waals surface area contributed by atoms with Crippen molar-refractivity contribution in [2.75, 3.05) is 7.11 Å². The van der Waals surface area contributed by atoms with Crippen molar-refractivity contribution in [1.29, 1.82) is 0 Å². The van der Waals surface area contributed by atoms with Crippen LogP contribution in [-0.2, 0) is 11.8 Å². The fourth-order valence-corrected chi connectivity index (χ4v) is 4.48. The Labute approximate surface area is 156 Å². The third-order valence-electron chi connectivity index (χ3n) is 4.81. The van der Waals surface area contributed by atoms with Crippen LogP contribution in [-0.4, -0.2) is 17.1 Å². The Hall–Kier alpha value is -1.61. The van der Waals surface area contributed by atoms with Crippen LogP contribution in [0.3, 0.4) is 0 Å². The van der Waals surface area contributed by atoms with Gasteiger partial charge in [0, 0.05) is 17.5 Å². The highest BCUT2D eigenvalue weighted by molar-refractivity contribution is 6.30. The first-order valence-corrected chi connectivity index (χ1v) is 9.12. The van der Waals surface area contributed by atoms with Crippen molar-refractivity contribution in [3.63, 3.8) is 0 Å². The number of hydrogen-bond donors (Lipinski definition) is 0. The maximum Gasteiger partial charge on any atom is 0.216 e. The number of pyridine rings is 2. The second-order valence-electron chi connectivity index (χ2n) is 7.80. The largest absolute Gasteiger partial charge is 0.481 e. The number of halogens is 1. The molecule has 0 N–H and O–H groups in total. The van der Waals surface area contributed by atoms with Crippen molar-refractivity contribution in [1.82, 2.24) is 9.97 Å². The van der Waals surface area contributed by atoms with Gasteiger partial charge in [0.1, 0.15) is 5.15 Å². The van der Waals surface area contributed by atoms with Crippen molar-refractivity contribution in [2.24, 2.45) is 0 Å². The van der Waals surface area contributed by atoms with Crippen LogP contribution in [0.2, 0.25) is 5.15 Å². The average Bonchev–Trinajstić information content (AvgIpc) is 2.45. The van der Waals surface area contributed by atoms with Crippen LogP contribution in [0.5, 0.6) is 5.88 Å². The second kappa shape index (κ2) is 7.33. The summed E-state index contributed by atoms with van der Waals surface area (Å²) < 4.78 is 5.42. The number of rotatable bonds is 5. The standard InChI is InChI=1S/C21H29ClN2O/c1-12(2)17-13(3)9-16(24-19(17)22)10-21(6,7)18-14(4)11-23-20(25-8)15(18)5/h9,11-12H,10H2,1-8H3. The van der Waals surface area contributed by atoms with Crippen LogP contribution in [0.15, 0.2) is 12.3 Å². The minimum atomic E-state index is -0.105. The Balaban J connectivity index is 2.47. The van der Waals surface area contributed by atoms with Crippen LogP contribution in [0.1, 0.15) is 67.1 Å². The van der Waals surface area contributed by atoms with Crippen LogP contribution in [0, 0.1) is 20.8 Å². The van der Waals surface area contributed by atoms with Gasteiger partial charge in [0.05, 0.1) is 7.11 Å². The second-order valence-corrected chi connectivity index (χ2v) is 8.16. The Morgan fingerprint density at radius 3 is 2.32 bits per heavy atom. The van der Waals surface area contributed by atoms with Crippen LogP contribution in [0.25, 0.3) is 0 Å². The molecule has 0 fully saturated rings. The molecule has 0 saturated carbocycles. The minimum Gasteiger partial charge on any atom is -0.481 e. The van der Waals surface area contributed by atoms with E-state index in [0.717, 1.165) is 23.2 Å². The van der Waals surface area contributed by atoms with E-state index in [2.05, 4.69) is 64.5 Å². The van der Waals surface area contributed by atoms with E-state index >= 15 is 0 Å². The summed E-state index contributed by atoms with van der Waals surface area (Å²) in [6.07, 6.45) is 2.69. The molecular formula is C21H29ClN2O. The van der Waals surface area contributed by atoms with Gasteiger partial charge in [-0.05, 0) is 66.8 Å². The van der Waals surface area contributed by atoms with E-state index in [0.29, 0.717) is 17.0 Å². The molecule has 2 heterocycles. The fourth-order valence-electron chi connectivity index (χ4n) is 4.00. The molecule has 0 amide bonds. The average molecular weight is 361 g/mol. The number of hydrogen-bond acceptors (Lipinski definition) is 3.